The molecule has 2 heterocycles. The van der Waals surface area contributed by atoms with Gasteiger partial charge in [-0.05, 0) is 23.6 Å². The standard InChI is InChI=1S/C12H7F2N3S/c13-7-3-6(4-8(14)5-7)11-16-10(15)9-1-2-18-12(9)17-11/h1-5H,(H2,15,16,17). The van der Waals surface area contributed by atoms with E-state index in [0.717, 1.165) is 11.5 Å². The fourth-order valence-corrected chi connectivity index (χ4v) is 2.46. The van der Waals surface area contributed by atoms with Crippen molar-refractivity contribution in [2.75, 3.05) is 5.73 Å². The Morgan fingerprint density at radius 3 is 2.50 bits per heavy atom. The highest BCUT2D eigenvalue weighted by Gasteiger charge is 2.10. The molecule has 3 rings (SSSR count). The van der Waals surface area contributed by atoms with Crippen LogP contribution in [0.5, 0.6) is 0 Å². The molecular formula is C12H7F2N3S. The van der Waals surface area contributed by atoms with Crippen LogP contribution in [0.25, 0.3) is 21.6 Å². The Morgan fingerprint density at radius 2 is 1.78 bits per heavy atom. The summed E-state index contributed by atoms with van der Waals surface area (Å²) in [6.07, 6.45) is 0. The summed E-state index contributed by atoms with van der Waals surface area (Å²) in [6, 6.07) is 4.97. The number of rotatable bonds is 1. The SMILES string of the molecule is Nc1nc(-c2cc(F)cc(F)c2)nc2sccc12. The molecule has 2 aromatic heterocycles. The average molecular weight is 263 g/mol. The highest BCUT2D eigenvalue weighted by Crippen LogP contribution is 2.27. The van der Waals surface area contributed by atoms with Crippen LogP contribution >= 0.6 is 11.3 Å². The van der Waals surface area contributed by atoms with Crippen LogP contribution in [-0.2, 0) is 0 Å². The van der Waals surface area contributed by atoms with E-state index in [1.165, 1.54) is 23.5 Å². The molecule has 0 aliphatic carbocycles. The lowest BCUT2D eigenvalue weighted by Crippen LogP contribution is -1.96. The Labute approximate surface area is 105 Å². The predicted octanol–water partition coefficient (Wildman–Crippen LogP) is 3.22. The van der Waals surface area contributed by atoms with Gasteiger partial charge in [0.1, 0.15) is 22.3 Å². The number of anilines is 1. The summed E-state index contributed by atoms with van der Waals surface area (Å²) in [7, 11) is 0. The maximum absolute atomic E-state index is 13.1. The third kappa shape index (κ3) is 1.80. The van der Waals surface area contributed by atoms with Crippen LogP contribution in [0.3, 0.4) is 0 Å². The average Bonchev–Trinajstić information content (AvgIpc) is 2.76. The minimum absolute atomic E-state index is 0.223. The highest BCUT2D eigenvalue weighted by molar-refractivity contribution is 7.16. The molecule has 3 nitrogen and oxygen atoms in total. The van der Waals surface area contributed by atoms with Crippen molar-refractivity contribution in [2.24, 2.45) is 0 Å². The molecule has 0 aliphatic rings. The van der Waals surface area contributed by atoms with Crippen molar-refractivity contribution in [3.8, 4) is 11.4 Å². The van der Waals surface area contributed by atoms with Crippen LogP contribution in [0.2, 0.25) is 0 Å². The third-order valence-corrected chi connectivity index (χ3v) is 3.28. The number of aromatic nitrogens is 2. The molecule has 0 radical (unpaired) electrons. The predicted molar refractivity (Wildman–Crippen MR) is 67.2 cm³/mol. The van der Waals surface area contributed by atoms with Gasteiger partial charge in [-0.25, -0.2) is 18.7 Å². The maximum Gasteiger partial charge on any atom is 0.163 e. The number of benzene rings is 1. The van der Waals surface area contributed by atoms with Crippen LogP contribution in [0.4, 0.5) is 14.6 Å². The molecule has 0 amide bonds. The molecule has 0 unspecified atom stereocenters. The van der Waals surface area contributed by atoms with E-state index in [1.807, 2.05) is 11.4 Å². The van der Waals surface area contributed by atoms with Gasteiger partial charge in [-0.15, -0.1) is 11.3 Å². The molecule has 0 saturated heterocycles. The van der Waals surface area contributed by atoms with Gasteiger partial charge >= 0.3 is 0 Å². The fourth-order valence-electron chi connectivity index (χ4n) is 1.69. The largest absolute Gasteiger partial charge is 0.383 e. The van der Waals surface area contributed by atoms with Gasteiger partial charge in [0.15, 0.2) is 5.82 Å². The number of fused-ring (bicyclic) bond motifs is 1. The second-order valence-corrected chi connectivity index (χ2v) is 4.62. The van der Waals surface area contributed by atoms with E-state index in [4.69, 9.17) is 5.73 Å². The van der Waals surface area contributed by atoms with Crippen molar-refractivity contribution in [2.45, 2.75) is 0 Å². The summed E-state index contributed by atoms with van der Waals surface area (Å²) in [5, 5.41) is 2.59. The zero-order valence-corrected chi connectivity index (χ0v) is 9.84. The van der Waals surface area contributed by atoms with E-state index in [-0.39, 0.29) is 11.4 Å². The van der Waals surface area contributed by atoms with Gasteiger partial charge in [0, 0.05) is 11.6 Å². The van der Waals surface area contributed by atoms with Gasteiger partial charge in [0.25, 0.3) is 0 Å². The van der Waals surface area contributed by atoms with E-state index in [0.29, 0.717) is 10.6 Å². The van der Waals surface area contributed by atoms with Crippen LogP contribution in [0.1, 0.15) is 0 Å². The Bertz CT molecular complexity index is 719. The zero-order valence-electron chi connectivity index (χ0n) is 9.02. The number of hydrogen-bond donors (Lipinski definition) is 1. The van der Waals surface area contributed by atoms with Crippen molar-refractivity contribution >= 4 is 27.4 Å². The molecule has 0 aliphatic heterocycles. The number of thiophene rings is 1. The van der Waals surface area contributed by atoms with E-state index in [1.54, 1.807) is 0 Å². The number of halogens is 2. The first-order chi connectivity index (χ1) is 8.63. The summed E-state index contributed by atoms with van der Waals surface area (Å²) >= 11 is 1.40. The zero-order chi connectivity index (χ0) is 12.7. The number of nitrogen functional groups attached to an aromatic ring is 1. The van der Waals surface area contributed by atoms with Crippen molar-refractivity contribution in [1.82, 2.24) is 9.97 Å². The Morgan fingerprint density at radius 1 is 1.06 bits per heavy atom. The molecule has 90 valence electrons. The lowest BCUT2D eigenvalue weighted by atomic mass is 10.2. The molecule has 18 heavy (non-hydrogen) atoms. The van der Waals surface area contributed by atoms with E-state index >= 15 is 0 Å². The first-order valence-corrected chi connectivity index (χ1v) is 5.98. The second-order valence-electron chi connectivity index (χ2n) is 3.73. The van der Waals surface area contributed by atoms with Gasteiger partial charge in [-0.1, -0.05) is 0 Å². The summed E-state index contributed by atoms with van der Waals surface area (Å²) in [5.74, 6) is -0.807. The topological polar surface area (TPSA) is 51.8 Å². The van der Waals surface area contributed by atoms with Gasteiger partial charge in [-0.3, -0.25) is 0 Å². The van der Waals surface area contributed by atoms with Crippen LogP contribution in [0.15, 0.2) is 29.6 Å². The van der Waals surface area contributed by atoms with Crippen molar-refractivity contribution in [3.63, 3.8) is 0 Å². The molecule has 6 heteroatoms. The van der Waals surface area contributed by atoms with Crippen molar-refractivity contribution < 1.29 is 8.78 Å². The molecular weight excluding hydrogens is 256 g/mol. The van der Waals surface area contributed by atoms with Crippen LogP contribution in [0, 0.1) is 11.6 Å². The van der Waals surface area contributed by atoms with Crippen molar-refractivity contribution in [3.05, 3.63) is 41.3 Å². The smallest absolute Gasteiger partial charge is 0.163 e. The first-order valence-electron chi connectivity index (χ1n) is 5.10. The van der Waals surface area contributed by atoms with Crippen molar-refractivity contribution in [1.29, 1.82) is 0 Å². The first kappa shape index (κ1) is 11.0. The van der Waals surface area contributed by atoms with E-state index < -0.39 is 11.6 Å². The Hall–Kier alpha value is -2.08. The van der Waals surface area contributed by atoms with E-state index in [9.17, 15) is 8.78 Å². The maximum atomic E-state index is 13.1. The molecule has 2 N–H and O–H groups in total. The molecule has 0 saturated carbocycles. The normalized spacial score (nSPS) is 11.0. The second kappa shape index (κ2) is 3.99. The van der Waals surface area contributed by atoms with Gasteiger partial charge in [0.2, 0.25) is 0 Å². The van der Waals surface area contributed by atoms with Gasteiger partial charge < -0.3 is 5.73 Å². The minimum Gasteiger partial charge on any atom is -0.383 e. The number of hydrogen-bond acceptors (Lipinski definition) is 4. The minimum atomic E-state index is -0.668. The van der Waals surface area contributed by atoms with Crippen LogP contribution in [-0.4, -0.2) is 9.97 Å². The monoisotopic (exact) mass is 263 g/mol. The lowest BCUT2D eigenvalue weighted by molar-refractivity contribution is 0.584. The summed E-state index contributed by atoms with van der Waals surface area (Å²) in [4.78, 5) is 9.01. The molecule has 1 aromatic carbocycles. The van der Waals surface area contributed by atoms with E-state index in [2.05, 4.69) is 9.97 Å². The summed E-state index contributed by atoms with van der Waals surface area (Å²) < 4.78 is 26.3. The number of nitrogens with two attached hydrogens (primary N) is 1. The Balaban J connectivity index is 2.24. The molecule has 0 spiro atoms. The fraction of sp³-hybridized carbons (Fsp3) is 0. The molecule has 0 bridgehead atoms. The number of nitrogens with zero attached hydrogens (tertiary/aromatic N) is 2. The quantitative estimate of drug-likeness (QED) is 0.733. The summed E-state index contributed by atoms with van der Waals surface area (Å²) in [6.45, 7) is 0. The summed E-state index contributed by atoms with van der Waals surface area (Å²) in [5.41, 5.74) is 6.06. The molecule has 0 fully saturated rings. The highest BCUT2D eigenvalue weighted by atomic mass is 32.1. The third-order valence-electron chi connectivity index (χ3n) is 2.48. The lowest BCUT2D eigenvalue weighted by Gasteiger charge is -2.03. The van der Waals surface area contributed by atoms with Gasteiger partial charge in [-0.2, -0.15) is 0 Å². The Kier molecular flexibility index (Phi) is 2.45. The van der Waals surface area contributed by atoms with Crippen LogP contribution < -0.4 is 5.73 Å². The molecule has 0 atom stereocenters. The van der Waals surface area contributed by atoms with Gasteiger partial charge in [0.05, 0.1) is 5.39 Å². The molecule has 3 aromatic rings.